The third-order valence-electron chi connectivity index (χ3n) is 7.94. The minimum absolute atomic E-state index is 0.00381. The zero-order chi connectivity index (χ0) is 24.1. The maximum Gasteiger partial charge on any atom is 0.338 e. The first kappa shape index (κ1) is 22.7. The van der Waals surface area contributed by atoms with Gasteiger partial charge in [-0.15, -0.1) is 0 Å². The minimum atomic E-state index is -0.608. The van der Waals surface area contributed by atoms with E-state index < -0.39 is 6.10 Å². The Labute approximate surface area is 204 Å². The fourth-order valence-corrected chi connectivity index (χ4v) is 5.88. The summed E-state index contributed by atoms with van der Waals surface area (Å²) in [7, 11) is 0. The number of piperazine rings is 1. The predicted molar refractivity (Wildman–Crippen MR) is 126 cm³/mol. The largest absolute Gasteiger partial charge is 0.457 e. The van der Waals surface area contributed by atoms with Crippen LogP contribution in [0.15, 0.2) is 24.3 Å². The zero-order valence-electron chi connectivity index (χ0n) is 19.9. The molecule has 0 aliphatic carbocycles. The van der Waals surface area contributed by atoms with Crippen LogP contribution in [0.5, 0.6) is 0 Å². The molecule has 0 saturated carbocycles. The predicted octanol–water partition coefficient (Wildman–Crippen LogP) is 2.30. The van der Waals surface area contributed by atoms with E-state index in [4.69, 9.17) is 14.2 Å². The van der Waals surface area contributed by atoms with Crippen LogP contribution in [-0.2, 0) is 33.8 Å². The number of fused-ring (bicyclic) bond motifs is 4. The molecule has 8 nitrogen and oxygen atoms in total. The number of carbonyl (C=O) groups excluding carboxylic acids is 2. The normalized spacial score (nSPS) is 22.9. The Kier molecular flexibility index (Phi) is 5.84. The average molecular weight is 479 g/mol. The van der Waals surface area contributed by atoms with Crippen LogP contribution in [0.3, 0.4) is 0 Å². The zero-order valence-corrected chi connectivity index (χ0v) is 19.9. The molecule has 35 heavy (non-hydrogen) atoms. The Hall–Kier alpha value is -2.78. The van der Waals surface area contributed by atoms with Crippen molar-refractivity contribution in [2.45, 2.75) is 38.8 Å². The van der Waals surface area contributed by atoms with Gasteiger partial charge in [-0.2, -0.15) is 0 Å². The lowest BCUT2D eigenvalue weighted by atomic mass is 9.90. The van der Waals surface area contributed by atoms with Crippen molar-refractivity contribution < 1.29 is 28.9 Å². The van der Waals surface area contributed by atoms with Crippen molar-refractivity contribution in [3.05, 3.63) is 68.8 Å². The molecule has 0 bridgehead atoms. The van der Waals surface area contributed by atoms with Gasteiger partial charge in [-0.1, -0.05) is 12.1 Å². The van der Waals surface area contributed by atoms with Crippen molar-refractivity contribution in [1.29, 1.82) is 0 Å². The fraction of sp³-hybridized carbons (Fsp3) is 0.481. The molecule has 4 heterocycles. The van der Waals surface area contributed by atoms with E-state index >= 15 is 0 Å². The summed E-state index contributed by atoms with van der Waals surface area (Å²) in [5.74, 6) is -0.503. The van der Waals surface area contributed by atoms with Crippen LogP contribution in [-0.4, -0.2) is 72.7 Å². The van der Waals surface area contributed by atoms with Gasteiger partial charge in [0, 0.05) is 50.4 Å². The molecule has 2 aromatic carbocycles. The van der Waals surface area contributed by atoms with E-state index in [1.165, 1.54) is 11.1 Å². The van der Waals surface area contributed by atoms with Gasteiger partial charge in [0.1, 0.15) is 13.2 Å². The van der Waals surface area contributed by atoms with Gasteiger partial charge in [-0.05, 0) is 47.7 Å². The fourth-order valence-electron chi connectivity index (χ4n) is 5.88. The highest BCUT2D eigenvalue weighted by Gasteiger charge is 2.32. The van der Waals surface area contributed by atoms with E-state index in [0.717, 1.165) is 61.4 Å². The molecule has 184 valence electrons. The van der Waals surface area contributed by atoms with Gasteiger partial charge >= 0.3 is 11.9 Å². The van der Waals surface area contributed by atoms with Crippen LogP contribution in [0.25, 0.3) is 0 Å². The number of benzene rings is 2. The lowest BCUT2D eigenvalue weighted by Crippen LogP contribution is -2.49. The lowest BCUT2D eigenvalue weighted by molar-refractivity contribution is -0.000287. The number of aliphatic hydroxyl groups excluding tert-OH is 1. The number of cyclic esters (lactones) is 2. The molecule has 0 spiro atoms. The highest BCUT2D eigenvalue weighted by molar-refractivity contribution is 5.94. The van der Waals surface area contributed by atoms with Crippen molar-refractivity contribution in [2.24, 2.45) is 0 Å². The second-order valence-corrected chi connectivity index (χ2v) is 9.84. The second-order valence-electron chi connectivity index (χ2n) is 9.84. The number of β-amino-alcohol motifs (C(OH)–C–C–N with tert-alkyl or cyclic N) is 1. The molecule has 8 heteroatoms. The molecule has 0 amide bonds. The molecule has 1 N–H and O–H groups in total. The molecular formula is C27H30N2O6. The standard InChI is InChI=1S/C27H30N2O6/c1-16-17(2-4-20-22(16)14-34-26(20)31)24(30)12-28-7-9-29(10-8-28)13-25-19-3-5-21-23(15-35-27(21)32)18(19)6-11-33-25/h2-5,24-25,30H,6-15H2,1H3. The summed E-state index contributed by atoms with van der Waals surface area (Å²) >= 11 is 0. The monoisotopic (exact) mass is 478 g/mol. The summed E-state index contributed by atoms with van der Waals surface area (Å²) in [6.45, 7) is 8.20. The molecule has 2 atom stereocenters. The third kappa shape index (κ3) is 4.04. The first-order valence-electron chi connectivity index (χ1n) is 12.3. The average Bonchev–Trinajstić information content (AvgIpc) is 3.44. The van der Waals surface area contributed by atoms with E-state index in [2.05, 4.69) is 9.80 Å². The summed E-state index contributed by atoms with van der Waals surface area (Å²) in [5.41, 5.74) is 7.47. The summed E-state index contributed by atoms with van der Waals surface area (Å²) in [6.07, 6.45) is 0.207. The number of rotatable bonds is 5. The minimum Gasteiger partial charge on any atom is -0.457 e. The van der Waals surface area contributed by atoms with Gasteiger partial charge in [0.25, 0.3) is 0 Å². The van der Waals surface area contributed by atoms with E-state index in [1.54, 1.807) is 6.07 Å². The smallest absolute Gasteiger partial charge is 0.338 e. The van der Waals surface area contributed by atoms with Crippen LogP contribution in [0, 0.1) is 6.92 Å². The summed E-state index contributed by atoms with van der Waals surface area (Å²) < 4.78 is 16.5. The Morgan fingerprint density at radius 1 is 0.914 bits per heavy atom. The van der Waals surface area contributed by atoms with E-state index in [-0.39, 0.29) is 24.6 Å². The molecule has 2 aromatic rings. The van der Waals surface area contributed by atoms with Crippen molar-refractivity contribution in [3.63, 3.8) is 0 Å². The first-order chi connectivity index (χ1) is 17.0. The van der Waals surface area contributed by atoms with Crippen LogP contribution >= 0.6 is 0 Å². The molecule has 4 aliphatic rings. The van der Waals surface area contributed by atoms with Gasteiger partial charge in [-0.3, -0.25) is 9.80 Å². The van der Waals surface area contributed by atoms with Gasteiger partial charge < -0.3 is 19.3 Å². The molecule has 6 rings (SSSR count). The first-order valence-corrected chi connectivity index (χ1v) is 12.3. The SMILES string of the molecule is Cc1c(C(O)CN2CCN(CC3OCCc4c3ccc3c4COC3=O)CC2)ccc2c1COC2=O. The maximum absolute atomic E-state index is 11.9. The molecule has 1 saturated heterocycles. The number of esters is 2. The molecular weight excluding hydrogens is 448 g/mol. The maximum atomic E-state index is 11.9. The molecule has 0 aromatic heterocycles. The highest BCUT2D eigenvalue weighted by Crippen LogP contribution is 2.35. The van der Waals surface area contributed by atoms with Crippen LogP contribution in [0.4, 0.5) is 0 Å². The van der Waals surface area contributed by atoms with Crippen LogP contribution in [0.2, 0.25) is 0 Å². The van der Waals surface area contributed by atoms with Crippen molar-refractivity contribution in [3.8, 4) is 0 Å². The van der Waals surface area contributed by atoms with Gasteiger partial charge in [0.2, 0.25) is 0 Å². The van der Waals surface area contributed by atoms with E-state index in [1.807, 2.05) is 25.1 Å². The lowest BCUT2D eigenvalue weighted by Gasteiger charge is -2.38. The summed E-state index contributed by atoms with van der Waals surface area (Å²) in [6, 6.07) is 7.55. The van der Waals surface area contributed by atoms with Crippen molar-refractivity contribution in [1.82, 2.24) is 9.80 Å². The molecule has 1 fully saturated rings. The molecule has 4 aliphatic heterocycles. The summed E-state index contributed by atoms with van der Waals surface area (Å²) in [5, 5.41) is 10.9. The third-order valence-corrected chi connectivity index (χ3v) is 7.94. The number of aliphatic hydroxyl groups is 1. The van der Waals surface area contributed by atoms with Crippen LogP contribution in [0.1, 0.15) is 66.3 Å². The quantitative estimate of drug-likeness (QED) is 0.655. The number of hydrogen-bond donors (Lipinski definition) is 1. The van der Waals surface area contributed by atoms with Gasteiger partial charge in [-0.25, -0.2) is 9.59 Å². The van der Waals surface area contributed by atoms with E-state index in [0.29, 0.717) is 30.9 Å². The number of nitrogens with zero attached hydrogens (tertiary/aromatic N) is 2. The van der Waals surface area contributed by atoms with Crippen molar-refractivity contribution in [2.75, 3.05) is 45.9 Å². The number of carbonyl (C=O) groups is 2. The Balaban J connectivity index is 1.06. The number of hydrogen-bond acceptors (Lipinski definition) is 8. The molecule has 2 unspecified atom stereocenters. The molecule has 0 radical (unpaired) electrons. The van der Waals surface area contributed by atoms with Gasteiger partial charge in [0.05, 0.1) is 29.9 Å². The second kappa shape index (κ2) is 9.02. The number of ether oxygens (including phenoxy) is 3. The Bertz CT molecular complexity index is 1190. The van der Waals surface area contributed by atoms with Gasteiger partial charge in [0.15, 0.2) is 0 Å². The highest BCUT2D eigenvalue weighted by atomic mass is 16.5. The Morgan fingerprint density at radius 2 is 1.57 bits per heavy atom. The van der Waals surface area contributed by atoms with E-state index in [9.17, 15) is 14.7 Å². The summed E-state index contributed by atoms with van der Waals surface area (Å²) in [4.78, 5) is 28.4. The van der Waals surface area contributed by atoms with Crippen LogP contribution < -0.4 is 0 Å². The topological polar surface area (TPSA) is 88.5 Å². The Morgan fingerprint density at radius 3 is 2.34 bits per heavy atom. The van der Waals surface area contributed by atoms with Crippen molar-refractivity contribution >= 4 is 11.9 Å².